The van der Waals surface area contributed by atoms with Gasteiger partial charge in [-0.05, 0) is 63.5 Å². The number of halogens is 1. The van der Waals surface area contributed by atoms with Crippen LogP contribution in [0.2, 0.25) is 0 Å². The first-order valence-electron chi connectivity index (χ1n) is 13.2. The fourth-order valence-corrected chi connectivity index (χ4v) is 5.19. The highest BCUT2D eigenvalue weighted by Crippen LogP contribution is 2.39. The van der Waals surface area contributed by atoms with Crippen LogP contribution in [0.15, 0.2) is 97.1 Å². The van der Waals surface area contributed by atoms with Crippen LogP contribution in [0.25, 0.3) is 32.3 Å². The molecule has 0 saturated heterocycles. The van der Waals surface area contributed by atoms with Crippen molar-refractivity contribution >= 4 is 74.0 Å². The summed E-state index contributed by atoms with van der Waals surface area (Å²) in [5, 5.41) is 53.8. The maximum absolute atomic E-state index is 12.1. The number of carboxylic acid groups (broad SMARTS) is 2. The van der Waals surface area contributed by atoms with E-state index in [1.54, 1.807) is 36.4 Å². The van der Waals surface area contributed by atoms with E-state index in [1.807, 2.05) is 42.5 Å². The number of aromatic carboxylic acids is 2. The average molecular weight is 702 g/mol. The minimum Gasteiger partial charge on any atom is -0.507 e. The average Bonchev–Trinajstić information content (AvgIpc) is 2.98. The third-order valence-corrected chi connectivity index (χ3v) is 7.31. The van der Waals surface area contributed by atoms with Crippen molar-refractivity contribution in [3.8, 4) is 17.2 Å². The highest BCUT2D eigenvalue weighted by atomic mass is 127. The molecule has 0 atom stereocenters. The van der Waals surface area contributed by atoms with E-state index in [-0.39, 0.29) is 70.1 Å². The molecule has 0 aliphatic carbocycles. The molecule has 222 valence electrons. The Kier molecular flexibility index (Phi) is 9.39. The van der Waals surface area contributed by atoms with E-state index < -0.39 is 11.9 Å². The van der Waals surface area contributed by atoms with Crippen LogP contribution in [0.1, 0.15) is 49.1 Å². The van der Waals surface area contributed by atoms with Gasteiger partial charge in [0.1, 0.15) is 28.4 Å². The van der Waals surface area contributed by atoms with Crippen molar-refractivity contribution in [1.82, 2.24) is 0 Å². The lowest BCUT2D eigenvalue weighted by molar-refractivity contribution is 0.0682. The zero-order valence-electron chi connectivity index (χ0n) is 23.3. The lowest BCUT2D eigenvalue weighted by atomic mass is 9.90. The zero-order chi connectivity index (χ0) is 30.8. The molecule has 0 amide bonds. The summed E-state index contributed by atoms with van der Waals surface area (Å²) in [7, 11) is 0. The molecule has 0 fully saturated rings. The molecular weight excluding hydrogens is 675 g/mol. The van der Waals surface area contributed by atoms with E-state index >= 15 is 0 Å². The first-order valence-corrected chi connectivity index (χ1v) is 13.2. The number of hydrogen-bond acceptors (Lipinski definition) is 6. The van der Waals surface area contributed by atoms with E-state index in [4.69, 9.17) is 5.11 Å². The summed E-state index contributed by atoms with van der Waals surface area (Å²) in [4.78, 5) is 34.4. The Morgan fingerprint density at radius 2 is 0.932 bits per heavy atom. The summed E-state index contributed by atoms with van der Waals surface area (Å²) in [5.74, 6) is -3.32. The van der Waals surface area contributed by atoms with Crippen molar-refractivity contribution < 1.29 is 39.9 Å². The van der Waals surface area contributed by atoms with Gasteiger partial charge in [0.25, 0.3) is 0 Å². The smallest absolute Gasteiger partial charge is 0.339 e. The van der Waals surface area contributed by atoms with Crippen LogP contribution in [0.4, 0.5) is 0 Å². The molecule has 0 radical (unpaired) electrons. The molecule has 0 spiro atoms. The second-order valence-electron chi connectivity index (χ2n) is 10.0. The van der Waals surface area contributed by atoms with Gasteiger partial charge in [-0.25, -0.2) is 9.59 Å². The molecule has 44 heavy (non-hydrogen) atoms. The van der Waals surface area contributed by atoms with Crippen molar-refractivity contribution in [2.24, 2.45) is 0 Å². The molecule has 6 aromatic rings. The van der Waals surface area contributed by atoms with Crippen LogP contribution >= 0.6 is 24.0 Å². The van der Waals surface area contributed by atoms with Crippen LogP contribution in [-0.4, -0.2) is 43.3 Å². The molecule has 8 nitrogen and oxygen atoms in total. The number of phenols is 3. The Hall–Kier alpha value is -5.16. The molecule has 0 unspecified atom stereocenters. The van der Waals surface area contributed by atoms with Crippen molar-refractivity contribution in [1.29, 1.82) is 0 Å². The van der Waals surface area contributed by atoms with E-state index in [0.29, 0.717) is 21.9 Å². The zero-order valence-corrected chi connectivity index (χ0v) is 25.6. The fraction of sp³-hybridized carbons (Fsp3) is 0.0571. The molecule has 0 aliphatic rings. The Labute approximate surface area is 268 Å². The van der Waals surface area contributed by atoms with Gasteiger partial charge in [-0.2, -0.15) is 0 Å². The number of Topliss-reactive ketones (excluding diaryl/α,β-unsaturated/α-hetero) is 1. The Morgan fingerprint density at radius 3 is 1.41 bits per heavy atom. The van der Waals surface area contributed by atoms with Crippen molar-refractivity contribution in [2.75, 3.05) is 0 Å². The largest absolute Gasteiger partial charge is 0.507 e. The number of ketones is 1. The second kappa shape index (κ2) is 13.0. The Morgan fingerprint density at radius 1 is 0.545 bits per heavy atom. The number of benzene rings is 6. The molecule has 0 aromatic heterocycles. The van der Waals surface area contributed by atoms with E-state index in [2.05, 4.69) is 0 Å². The van der Waals surface area contributed by atoms with Crippen LogP contribution < -0.4 is 0 Å². The van der Waals surface area contributed by atoms with Gasteiger partial charge in [-0.1, -0.05) is 72.8 Å². The minimum absolute atomic E-state index is 0. The molecule has 5 N–H and O–H groups in total. The molecule has 0 saturated carbocycles. The SMILES string of the molecule is CC(=O)c1cc2ccccc2c(Cc2c(O)c(C(=O)O)cc3ccccc23)c1O.I.O=C(O)c1cc2ccccc2cc1O. The third-order valence-electron chi connectivity index (χ3n) is 7.31. The Balaban J connectivity index is 0.000000248. The number of phenolic OH excluding ortho intramolecular Hbond substituents is 1. The molecule has 0 heterocycles. The maximum atomic E-state index is 12.1. The van der Waals surface area contributed by atoms with E-state index in [1.165, 1.54) is 25.1 Å². The van der Waals surface area contributed by atoms with Crippen LogP contribution in [0.3, 0.4) is 0 Å². The van der Waals surface area contributed by atoms with Gasteiger partial charge in [0.05, 0.1) is 5.56 Å². The molecular formula is C35H27IO8. The van der Waals surface area contributed by atoms with Gasteiger partial charge in [-0.3, -0.25) is 4.79 Å². The molecule has 0 aliphatic heterocycles. The number of aromatic hydroxyl groups is 3. The fourth-order valence-electron chi connectivity index (χ4n) is 5.19. The summed E-state index contributed by atoms with van der Waals surface area (Å²) in [6, 6.07) is 27.8. The second-order valence-corrected chi connectivity index (χ2v) is 10.0. The highest BCUT2D eigenvalue weighted by molar-refractivity contribution is 14.0. The lowest BCUT2D eigenvalue weighted by Gasteiger charge is -2.16. The first-order chi connectivity index (χ1) is 20.6. The third kappa shape index (κ3) is 6.13. The number of hydrogen-bond donors (Lipinski definition) is 5. The maximum Gasteiger partial charge on any atom is 0.339 e. The van der Waals surface area contributed by atoms with Crippen molar-refractivity contribution in [3.63, 3.8) is 0 Å². The van der Waals surface area contributed by atoms with Gasteiger partial charge in [0.2, 0.25) is 0 Å². The van der Waals surface area contributed by atoms with Gasteiger partial charge >= 0.3 is 11.9 Å². The Bertz CT molecular complexity index is 1980. The predicted molar refractivity (Wildman–Crippen MR) is 179 cm³/mol. The van der Waals surface area contributed by atoms with Gasteiger partial charge in [0, 0.05) is 17.5 Å². The number of carbonyl (C=O) groups is 3. The number of carbonyl (C=O) groups excluding carboxylic acids is 1. The van der Waals surface area contributed by atoms with Crippen LogP contribution in [0.5, 0.6) is 17.2 Å². The quantitative estimate of drug-likeness (QED) is 0.0903. The van der Waals surface area contributed by atoms with Gasteiger partial charge in [0.15, 0.2) is 5.78 Å². The molecule has 0 bridgehead atoms. The topological polar surface area (TPSA) is 152 Å². The summed E-state index contributed by atoms with van der Waals surface area (Å²) in [6.07, 6.45) is 0.0704. The molecule has 9 heteroatoms. The number of carboxylic acids is 2. The predicted octanol–water partition coefficient (Wildman–Crippen LogP) is 7.76. The number of fused-ring (bicyclic) bond motifs is 3. The van der Waals surface area contributed by atoms with Gasteiger partial charge < -0.3 is 25.5 Å². The summed E-state index contributed by atoms with van der Waals surface area (Å²) in [6.45, 7) is 1.38. The van der Waals surface area contributed by atoms with E-state index in [9.17, 15) is 34.8 Å². The summed E-state index contributed by atoms with van der Waals surface area (Å²) >= 11 is 0. The lowest BCUT2D eigenvalue weighted by Crippen LogP contribution is -2.03. The molecule has 6 aromatic carbocycles. The van der Waals surface area contributed by atoms with Gasteiger partial charge in [-0.15, -0.1) is 24.0 Å². The minimum atomic E-state index is -1.24. The monoisotopic (exact) mass is 702 g/mol. The van der Waals surface area contributed by atoms with Crippen LogP contribution in [0, 0.1) is 0 Å². The van der Waals surface area contributed by atoms with Crippen molar-refractivity contribution in [2.45, 2.75) is 13.3 Å². The molecule has 6 rings (SSSR count). The normalized spacial score (nSPS) is 10.6. The van der Waals surface area contributed by atoms with Crippen molar-refractivity contribution in [3.05, 3.63) is 125 Å². The number of rotatable bonds is 5. The van der Waals surface area contributed by atoms with E-state index in [0.717, 1.165) is 21.5 Å². The summed E-state index contributed by atoms with van der Waals surface area (Å²) < 4.78 is 0. The highest BCUT2D eigenvalue weighted by Gasteiger charge is 2.22. The first kappa shape index (κ1) is 31.8. The van der Waals surface area contributed by atoms with Crippen LogP contribution in [-0.2, 0) is 6.42 Å². The summed E-state index contributed by atoms with van der Waals surface area (Å²) in [5.41, 5.74) is 0.781. The standard InChI is InChI=1S/C24H18O5.C11H8O3.HI/c1-13(25)18-10-14-6-2-4-8-16(14)19(22(18)26)12-20-17-9-5-3-7-15(17)11-21(23(20)27)24(28)29;12-10-6-8-4-2-1-3-7(8)5-9(10)11(13)14;/h2-11,26-27H,12H2,1H3,(H,28,29);1-6,12H,(H,13,14);1H.